The van der Waals surface area contributed by atoms with Gasteiger partial charge in [-0.25, -0.2) is 15.0 Å². The number of benzene rings is 8. The molecule has 0 saturated heterocycles. The van der Waals surface area contributed by atoms with Gasteiger partial charge in [-0.1, -0.05) is 133 Å². The van der Waals surface area contributed by atoms with Crippen LogP contribution in [0, 0.1) is 0 Å². The van der Waals surface area contributed by atoms with E-state index in [0.717, 1.165) is 71.7 Å². The smallest absolute Gasteiger partial charge is 0.167 e. The van der Waals surface area contributed by atoms with E-state index in [1.807, 2.05) is 78.9 Å². The molecule has 3 heterocycles. The fourth-order valence-corrected chi connectivity index (χ4v) is 7.68. The molecule has 0 N–H and O–H groups in total. The quantitative estimate of drug-likeness (QED) is 0.180. The minimum Gasteiger partial charge on any atom is -0.456 e. The van der Waals surface area contributed by atoms with Gasteiger partial charge < -0.3 is 8.83 Å². The van der Waals surface area contributed by atoms with Gasteiger partial charge in [0.2, 0.25) is 0 Å². The highest BCUT2D eigenvalue weighted by Crippen LogP contribution is 2.40. The minimum atomic E-state index is 0.544. The Morgan fingerprint density at radius 1 is 0.315 bits per heavy atom. The number of nitrogens with zero attached hydrogens (tertiary/aromatic N) is 3. The van der Waals surface area contributed by atoms with E-state index in [1.54, 1.807) is 0 Å². The second kappa shape index (κ2) is 12.1. The van der Waals surface area contributed by atoms with Gasteiger partial charge in [-0.05, 0) is 75.5 Å². The number of hydrogen-bond acceptors (Lipinski definition) is 5. The fourth-order valence-electron chi connectivity index (χ4n) is 7.68. The first kappa shape index (κ1) is 30.3. The number of fused-ring (bicyclic) bond motifs is 7. The van der Waals surface area contributed by atoms with E-state index in [9.17, 15) is 0 Å². The maximum Gasteiger partial charge on any atom is 0.167 e. The van der Waals surface area contributed by atoms with Gasteiger partial charge in [0.15, 0.2) is 17.5 Å². The maximum atomic E-state index is 6.58. The summed E-state index contributed by atoms with van der Waals surface area (Å²) in [5, 5.41) is 6.44. The standard InChI is InChI=1S/C49H29N3O2/c1-3-11-30(12-4-1)33-23-21-31-22-24-34(28-36(31)27-33)35-25-26-39-44(29-35)53-43-20-10-17-40(45(39)43)48-50-47(32-13-5-2-6-14-32)51-49(52-48)41-18-9-16-38-37-15-7-8-19-42(37)54-46(38)41/h1-29H. The summed E-state index contributed by atoms with van der Waals surface area (Å²) in [6.07, 6.45) is 0. The van der Waals surface area contributed by atoms with Crippen LogP contribution in [0.5, 0.6) is 0 Å². The van der Waals surface area contributed by atoms with Crippen LogP contribution in [-0.2, 0) is 0 Å². The van der Waals surface area contributed by atoms with Crippen molar-refractivity contribution in [2.24, 2.45) is 0 Å². The SMILES string of the molecule is c1ccc(-c2ccc3ccc(-c4ccc5c(c4)oc4cccc(-c6nc(-c7ccccc7)nc(-c7cccc8c7oc7ccccc78)n6)c45)cc3c2)cc1. The van der Waals surface area contributed by atoms with Crippen molar-refractivity contribution in [2.75, 3.05) is 0 Å². The van der Waals surface area contributed by atoms with Gasteiger partial charge in [0.25, 0.3) is 0 Å². The van der Waals surface area contributed by atoms with E-state index in [2.05, 4.69) is 97.1 Å². The molecule has 0 aliphatic heterocycles. The van der Waals surface area contributed by atoms with Crippen LogP contribution < -0.4 is 0 Å². The van der Waals surface area contributed by atoms with Crippen molar-refractivity contribution < 1.29 is 8.83 Å². The van der Waals surface area contributed by atoms with Gasteiger partial charge >= 0.3 is 0 Å². The van der Waals surface area contributed by atoms with Crippen LogP contribution in [0.25, 0.3) is 111 Å². The van der Waals surface area contributed by atoms with Crippen LogP contribution in [0.4, 0.5) is 0 Å². The molecule has 0 radical (unpaired) electrons. The lowest BCUT2D eigenvalue weighted by atomic mass is 9.97. The fraction of sp³-hybridized carbons (Fsp3) is 0. The van der Waals surface area contributed by atoms with E-state index in [4.69, 9.17) is 23.8 Å². The Morgan fingerprint density at radius 3 is 1.72 bits per heavy atom. The molecule has 5 nitrogen and oxygen atoms in total. The van der Waals surface area contributed by atoms with Crippen LogP contribution in [-0.4, -0.2) is 15.0 Å². The van der Waals surface area contributed by atoms with Gasteiger partial charge in [-0.3, -0.25) is 0 Å². The second-order valence-corrected chi connectivity index (χ2v) is 13.6. The van der Waals surface area contributed by atoms with E-state index in [0.29, 0.717) is 17.5 Å². The summed E-state index contributed by atoms with van der Waals surface area (Å²) in [6.45, 7) is 0. The van der Waals surface area contributed by atoms with Gasteiger partial charge in [0.1, 0.15) is 22.3 Å². The van der Waals surface area contributed by atoms with Crippen molar-refractivity contribution in [1.29, 1.82) is 0 Å². The third-order valence-corrected chi connectivity index (χ3v) is 10.3. The number of para-hydroxylation sites is 2. The lowest BCUT2D eigenvalue weighted by molar-refractivity contribution is 0.668. The topological polar surface area (TPSA) is 65.0 Å². The van der Waals surface area contributed by atoms with Crippen molar-refractivity contribution in [3.8, 4) is 56.4 Å². The Morgan fingerprint density at radius 2 is 0.907 bits per heavy atom. The number of furan rings is 2. The van der Waals surface area contributed by atoms with E-state index < -0.39 is 0 Å². The maximum absolute atomic E-state index is 6.58. The first-order chi connectivity index (χ1) is 26.7. The van der Waals surface area contributed by atoms with Crippen LogP contribution in [0.2, 0.25) is 0 Å². The van der Waals surface area contributed by atoms with E-state index in [1.165, 1.54) is 21.9 Å². The van der Waals surface area contributed by atoms with Crippen molar-refractivity contribution in [2.45, 2.75) is 0 Å². The highest BCUT2D eigenvalue weighted by Gasteiger charge is 2.20. The zero-order valence-corrected chi connectivity index (χ0v) is 28.9. The molecule has 0 aliphatic rings. The molecule has 252 valence electrons. The first-order valence-corrected chi connectivity index (χ1v) is 18.0. The first-order valence-electron chi connectivity index (χ1n) is 18.0. The summed E-state index contributed by atoms with van der Waals surface area (Å²) in [6, 6.07) is 60.6. The number of hydrogen-bond donors (Lipinski definition) is 0. The predicted molar refractivity (Wildman–Crippen MR) is 219 cm³/mol. The molecule has 3 aromatic heterocycles. The summed E-state index contributed by atoms with van der Waals surface area (Å²) in [4.78, 5) is 15.3. The summed E-state index contributed by atoms with van der Waals surface area (Å²) in [5.41, 5.74) is 10.4. The average Bonchev–Trinajstić information content (AvgIpc) is 3.82. The molecule has 11 aromatic rings. The van der Waals surface area contributed by atoms with Gasteiger partial charge in [0, 0.05) is 32.7 Å². The molecule has 8 aromatic carbocycles. The van der Waals surface area contributed by atoms with Crippen LogP contribution in [0.3, 0.4) is 0 Å². The second-order valence-electron chi connectivity index (χ2n) is 13.6. The molecule has 0 unspecified atom stereocenters. The number of rotatable bonds is 5. The Labute approximate surface area is 309 Å². The van der Waals surface area contributed by atoms with Crippen LogP contribution in [0.15, 0.2) is 185 Å². The zero-order valence-electron chi connectivity index (χ0n) is 28.9. The van der Waals surface area contributed by atoms with Crippen LogP contribution >= 0.6 is 0 Å². The third-order valence-electron chi connectivity index (χ3n) is 10.3. The molecule has 0 saturated carbocycles. The Hall–Kier alpha value is -7.37. The molecule has 11 rings (SSSR count). The molecule has 5 heteroatoms. The molecule has 0 bridgehead atoms. The Bertz CT molecular complexity index is 3220. The molecule has 0 amide bonds. The van der Waals surface area contributed by atoms with Gasteiger partial charge in [-0.15, -0.1) is 0 Å². The lowest BCUT2D eigenvalue weighted by Gasteiger charge is -2.09. The molecular weight excluding hydrogens is 663 g/mol. The normalized spacial score (nSPS) is 11.7. The summed E-state index contributed by atoms with van der Waals surface area (Å²) in [7, 11) is 0. The molecular formula is C49H29N3O2. The summed E-state index contributed by atoms with van der Waals surface area (Å²) in [5.74, 6) is 1.69. The Balaban J connectivity index is 1.06. The minimum absolute atomic E-state index is 0.544. The molecule has 0 fully saturated rings. The van der Waals surface area contributed by atoms with Crippen molar-refractivity contribution in [3.05, 3.63) is 176 Å². The number of aromatic nitrogens is 3. The monoisotopic (exact) mass is 691 g/mol. The molecule has 0 atom stereocenters. The van der Waals surface area contributed by atoms with Gasteiger partial charge in [0.05, 0.1) is 5.56 Å². The zero-order chi connectivity index (χ0) is 35.6. The third kappa shape index (κ3) is 4.98. The largest absolute Gasteiger partial charge is 0.456 e. The molecule has 0 aliphatic carbocycles. The summed E-state index contributed by atoms with van der Waals surface area (Å²) < 4.78 is 13.0. The molecule has 0 spiro atoms. The van der Waals surface area contributed by atoms with Crippen molar-refractivity contribution in [3.63, 3.8) is 0 Å². The highest BCUT2D eigenvalue weighted by molar-refractivity contribution is 6.13. The summed E-state index contributed by atoms with van der Waals surface area (Å²) >= 11 is 0. The highest BCUT2D eigenvalue weighted by atomic mass is 16.3. The van der Waals surface area contributed by atoms with Crippen LogP contribution in [0.1, 0.15) is 0 Å². The Kier molecular flexibility index (Phi) is 6.79. The van der Waals surface area contributed by atoms with E-state index >= 15 is 0 Å². The van der Waals surface area contributed by atoms with E-state index in [-0.39, 0.29) is 0 Å². The predicted octanol–water partition coefficient (Wildman–Crippen LogP) is 13.2. The molecule has 54 heavy (non-hydrogen) atoms. The van der Waals surface area contributed by atoms with Gasteiger partial charge in [-0.2, -0.15) is 0 Å². The lowest BCUT2D eigenvalue weighted by Crippen LogP contribution is -2.00. The van der Waals surface area contributed by atoms with Crippen molar-refractivity contribution >= 4 is 54.6 Å². The van der Waals surface area contributed by atoms with Crippen molar-refractivity contribution in [1.82, 2.24) is 15.0 Å². The average molecular weight is 692 g/mol.